The molecule has 140 valence electrons. The van der Waals surface area contributed by atoms with Crippen LogP contribution in [-0.4, -0.2) is 10.2 Å². The highest BCUT2D eigenvalue weighted by Gasteiger charge is 2.34. The quantitative estimate of drug-likeness (QED) is 0.694. The van der Waals surface area contributed by atoms with E-state index in [9.17, 15) is 5.26 Å². The van der Waals surface area contributed by atoms with E-state index < -0.39 is 0 Å². The van der Waals surface area contributed by atoms with Crippen molar-refractivity contribution < 1.29 is 9.47 Å². The first-order chi connectivity index (χ1) is 13.6. The predicted octanol–water partition coefficient (Wildman–Crippen LogP) is 4.17. The molecule has 1 atom stereocenters. The van der Waals surface area contributed by atoms with Crippen molar-refractivity contribution in [3.8, 4) is 17.7 Å². The SMILES string of the molecule is Cc1[nH]nc2c1C(c1cccc(OCc3ccccc3Cl)c1)C(C#N)=C(N)O2. The number of H-pyrrole nitrogens is 1. The number of fused-ring (bicyclic) bond motifs is 1. The van der Waals surface area contributed by atoms with Crippen LogP contribution in [0.1, 0.15) is 28.3 Å². The Kier molecular flexibility index (Phi) is 4.68. The number of aromatic nitrogens is 2. The van der Waals surface area contributed by atoms with Gasteiger partial charge in [-0.2, -0.15) is 5.26 Å². The number of hydrogen-bond acceptors (Lipinski definition) is 5. The second-order valence-electron chi connectivity index (χ2n) is 6.44. The molecule has 1 aliphatic heterocycles. The van der Waals surface area contributed by atoms with Crippen LogP contribution < -0.4 is 15.2 Å². The topological polar surface area (TPSA) is 97.0 Å². The Morgan fingerprint density at radius 3 is 2.89 bits per heavy atom. The number of aromatic amines is 1. The number of halogens is 1. The molecule has 0 fully saturated rings. The summed E-state index contributed by atoms with van der Waals surface area (Å²) in [6, 6.07) is 17.3. The Bertz CT molecular complexity index is 1110. The van der Waals surface area contributed by atoms with Gasteiger partial charge in [0.25, 0.3) is 0 Å². The molecule has 7 heteroatoms. The number of benzene rings is 2. The lowest BCUT2D eigenvalue weighted by molar-refractivity contribution is 0.306. The van der Waals surface area contributed by atoms with Gasteiger partial charge >= 0.3 is 0 Å². The number of aryl methyl sites for hydroxylation is 1. The van der Waals surface area contributed by atoms with Crippen LogP contribution in [0.2, 0.25) is 5.02 Å². The molecule has 1 unspecified atom stereocenters. The van der Waals surface area contributed by atoms with E-state index in [4.69, 9.17) is 26.8 Å². The van der Waals surface area contributed by atoms with Gasteiger partial charge in [-0.15, -0.1) is 5.10 Å². The monoisotopic (exact) mass is 392 g/mol. The third-order valence-electron chi connectivity index (χ3n) is 4.67. The molecule has 2 heterocycles. The van der Waals surface area contributed by atoms with Crippen LogP contribution in [0.25, 0.3) is 0 Å². The van der Waals surface area contributed by atoms with Crippen molar-refractivity contribution in [2.75, 3.05) is 0 Å². The molecule has 0 saturated heterocycles. The molecule has 0 aliphatic carbocycles. The van der Waals surface area contributed by atoms with Crippen LogP contribution in [-0.2, 0) is 6.61 Å². The predicted molar refractivity (Wildman–Crippen MR) is 105 cm³/mol. The zero-order valence-corrected chi connectivity index (χ0v) is 15.8. The summed E-state index contributed by atoms with van der Waals surface area (Å²) in [7, 11) is 0. The zero-order chi connectivity index (χ0) is 19.7. The Morgan fingerprint density at radius 1 is 1.29 bits per heavy atom. The van der Waals surface area contributed by atoms with Gasteiger partial charge in [0.05, 0.1) is 5.92 Å². The molecule has 0 bridgehead atoms. The molecule has 1 aliphatic rings. The highest BCUT2D eigenvalue weighted by atomic mass is 35.5. The molecule has 1 aromatic heterocycles. The Hall–Kier alpha value is -3.43. The Balaban J connectivity index is 1.68. The van der Waals surface area contributed by atoms with Crippen LogP contribution in [0.3, 0.4) is 0 Å². The Morgan fingerprint density at radius 2 is 2.11 bits per heavy atom. The van der Waals surface area contributed by atoms with Crippen molar-refractivity contribution in [1.82, 2.24) is 10.2 Å². The number of allylic oxidation sites excluding steroid dienone is 1. The summed E-state index contributed by atoms with van der Waals surface area (Å²) in [5.41, 5.74) is 9.70. The van der Waals surface area contributed by atoms with E-state index in [1.165, 1.54) is 0 Å². The number of nitrogens with two attached hydrogens (primary N) is 1. The molecule has 2 aromatic carbocycles. The Labute approximate surface area is 167 Å². The molecule has 28 heavy (non-hydrogen) atoms. The van der Waals surface area contributed by atoms with Gasteiger partial charge in [0, 0.05) is 21.8 Å². The first kappa shape index (κ1) is 18.0. The second kappa shape index (κ2) is 7.29. The highest BCUT2D eigenvalue weighted by molar-refractivity contribution is 6.31. The number of ether oxygens (including phenoxy) is 2. The maximum absolute atomic E-state index is 9.65. The summed E-state index contributed by atoms with van der Waals surface area (Å²) >= 11 is 6.20. The summed E-state index contributed by atoms with van der Waals surface area (Å²) in [4.78, 5) is 0. The molecular formula is C21H17ClN4O2. The molecule has 4 rings (SSSR count). The minimum atomic E-state index is -0.378. The minimum Gasteiger partial charge on any atom is -0.489 e. The van der Waals surface area contributed by atoms with E-state index in [2.05, 4.69) is 16.3 Å². The summed E-state index contributed by atoms with van der Waals surface area (Å²) in [5.74, 6) is 0.745. The average Bonchev–Trinajstić information content (AvgIpc) is 3.06. The number of nitrogens with zero attached hydrogens (tertiary/aromatic N) is 2. The maximum atomic E-state index is 9.65. The molecule has 3 N–H and O–H groups in total. The van der Waals surface area contributed by atoms with Crippen molar-refractivity contribution in [1.29, 1.82) is 5.26 Å². The molecule has 0 radical (unpaired) electrons. The summed E-state index contributed by atoms with van der Waals surface area (Å²) in [5, 5.41) is 17.4. The lowest BCUT2D eigenvalue weighted by atomic mass is 9.84. The van der Waals surface area contributed by atoms with E-state index in [0.29, 0.717) is 28.8 Å². The molecule has 0 saturated carbocycles. The van der Waals surface area contributed by atoms with Crippen LogP contribution in [0.4, 0.5) is 0 Å². The third-order valence-corrected chi connectivity index (χ3v) is 5.04. The van der Waals surface area contributed by atoms with Crippen molar-refractivity contribution in [2.45, 2.75) is 19.4 Å². The standard InChI is InChI=1S/C21H17ClN4O2/c1-12-18-19(16(10-23)20(24)28-21(18)26-25-12)13-6-4-7-15(9-13)27-11-14-5-2-3-8-17(14)22/h2-9,19H,11,24H2,1H3,(H,25,26). The van der Waals surface area contributed by atoms with Crippen molar-refractivity contribution >= 4 is 11.6 Å². The van der Waals surface area contributed by atoms with Crippen LogP contribution >= 0.6 is 11.6 Å². The fraction of sp³-hybridized carbons (Fsp3) is 0.143. The summed E-state index contributed by atoms with van der Waals surface area (Å²) in [6.45, 7) is 2.23. The third kappa shape index (κ3) is 3.17. The second-order valence-corrected chi connectivity index (χ2v) is 6.85. The zero-order valence-electron chi connectivity index (χ0n) is 15.1. The fourth-order valence-electron chi connectivity index (χ4n) is 3.29. The summed E-state index contributed by atoms with van der Waals surface area (Å²) in [6.07, 6.45) is 0. The molecule has 3 aromatic rings. The maximum Gasteiger partial charge on any atom is 0.244 e. The summed E-state index contributed by atoms with van der Waals surface area (Å²) < 4.78 is 11.4. The average molecular weight is 393 g/mol. The minimum absolute atomic E-state index is 0.0638. The van der Waals surface area contributed by atoms with Crippen molar-refractivity contribution in [3.63, 3.8) is 0 Å². The highest BCUT2D eigenvalue weighted by Crippen LogP contribution is 2.43. The number of hydrogen-bond donors (Lipinski definition) is 2. The van der Waals surface area contributed by atoms with E-state index in [1.807, 2.05) is 55.5 Å². The number of rotatable bonds is 4. The van der Waals surface area contributed by atoms with E-state index in [1.54, 1.807) is 0 Å². The van der Waals surface area contributed by atoms with Gasteiger partial charge in [0.15, 0.2) is 0 Å². The first-order valence-electron chi connectivity index (χ1n) is 8.67. The molecular weight excluding hydrogens is 376 g/mol. The lowest BCUT2D eigenvalue weighted by Gasteiger charge is -2.24. The van der Waals surface area contributed by atoms with Crippen molar-refractivity contribution in [3.05, 3.63) is 87.4 Å². The first-order valence-corrected chi connectivity index (χ1v) is 9.05. The smallest absolute Gasteiger partial charge is 0.244 e. The molecule has 0 amide bonds. The van der Waals surface area contributed by atoms with Crippen molar-refractivity contribution in [2.24, 2.45) is 5.73 Å². The van der Waals surface area contributed by atoms with Crippen LogP contribution in [0, 0.1) is 18.3 Å². The normalized spacial score (nSPS) is 15.5. The van der Waals surface area contributed by atoms with Gasteiger partial charge in [-0.25, -0.2) is 0 Å². The largest absolute Gasteiger partial charge is 0.489 e. The van der Waals surface area contributed by atoms with Gasteiger partial charge in [-0.05, 0) is 30.7 Å². The van der Waals surface area contributed by atoms with Gasteiger partial charge in [0.1, 0.15) is 24.0 Å². The number of nitrogens with one attached hydrogen (secondary N) is 1. The van der Waals surface area contributed by atoms with E-state index >= 15 is 0 Å². The molecule has 0 spiro atoms. The fourth-order valence-corrected chi connectivity index (χ4v) is 3.48. The van der Waals surface area contributed by atoms with Gasteiger partial charge < -0.3 is 15.2 Å². The number of nitriles is 1. The van der Waals surface area contributed by atoms with Gasteiger partial charge in [0.2, 0.25) is 11.8 Å². The van der Waals surface area contributed by atoms with Crippen LogP contribution in [0.5, 0.6) is 11.6 Å². The lowest BCUT2D eigenvalue weighted by Crippen LogP contribution is -2.21. The molecule has 6 nitrogen and oxygen atoms in total. The van der Waals surface area contributed by atoms with E-state index in [0.717, 1.165) is 22.4 Å². The van der Waals surface area contributed by atoms with E-state index in [-0.39, 0.29) is 11.8 Å². The van der Waals surface area contributed by atoms with Crippen LogP contribution in [0.15, 0.2) is 60.0 Å². The van der Waals surface area contributed by atoms with Gasteiger partial charge in [-0.3, -0.25) is 5.10 Å². The van der Waals surface area contributed by atoms with Gasteiger partial charge in [-0.1, -0.05) is 41.9 Å².